The Kier molecular flexibility index (Phi) is 26.9. The van der Waals surface area contributed by atoms with Crippen LogP contribution in [0.3, 0.4) is 0 Å². The second-order valence-electron chi connectivity index (χ2n) is 11.7. The van der Waals surface area contributed by atoms with Crippen molar-refractivity contribution < 1.29 is 39.5 Å². The molecule has 0 atom stereocenters. The number of aliphatic carboxylic acids is 2. The van der Waals surface area contributed by atoms with Crippen molar-refractivity contribution in [3.8, 4) is 0 Å². The van der Waals surface area contributed by atoms with E-state index in [1.54, 1.807) is 0 Å². The molecule has 1 aromatic heterocycles. The van der Waals surface area contributed by atoms with Gasteiger partial charge in [-0.3, -0.25) is 14.4 Å². The molecule has 4 N–H and O–H groups in total. The molecule has 47 heavy (non-hydrogen) atoms. The second kappa shape index (κ2) is 28.9. The van der Waals surface area contributed by atoms with Crippen molar-refractivity contribution in [2.45, 2.75) is 155 Å². The number of carboxylic acids is 2. The van der Waals surface area contributed by atoms with E-state index >= 15 is 0 Å². The molecule has 0 fully saturated rings. The number of unbranched alkanes of at least 4 members (excludes halogenated alkanes) is 15. The molecule has 0 aliphatic carbocycles. The largest absolute Gasteiger partial charge is 0.481 e. The van der Waals surface area contributed by atoms with Gasteiger partial charge in [-0.1, -0.05) is 96.8 Å². The van der Waals surface area contributed by atoms with Crippen molar-refractivity contribution >= 4 is 17.9 Å². The van der Waals surface area contributed by atoms with E-state index in [2.05, 4.69) is 6.92 Å². The average Bonchev–Trinajstić information content (AvgIpc) is 3.03. The van der Waals surface area contributed by atoms with Gasteiger partial charge < -0.3 is 25.2 Å². The lowest BCUT2D eigenvalue weighted by Crippen LogP contribution is -2.55. The van der Waals surface area contributed by atoms with Crippen molar-refractivity contribution in [3.05, 3.63) is 31.5 Å². The van der Waals surface area contributed by atoms with E-state index in [1.807, 2.05) is 0 Å². The highest BCUT2D eigenvalue weighted by molar-refractivity contribution is 5.69. The predicted octanol–water partition coefficient (Wildman–Crippen LogP) is 3.68. The van der Waals surface area contributed by atoms with Crippen molar-refractivity contribution in [1.29, 1.82) is 0 Å². The molecule has 0 spiro atoms. The summed E-state index contributed by atoms with van der Waals surface area (Å²) >= 11 is 0. The fraction of sp³-hybridized carbons (Fsp3) is 0.818. The number of aliphatic hydroxyl groups excluding tert-OH is 2. The number of esters is 1. The Balaban J connectivity index is 0.00000181. The molecule has 0 saturated heterocycles. The van der Waals surface area contributed by atoms with Crippen LogP contribution in [0.25, 0.3) is 0 Å². The summed E-state index contributed by atoms with van der Waals surface area (Å²) in [6.07, 6.45) is 20.0. The van der Waals surface area contributed by atoms with E-state index in [-0.39, 0.29) is 51.5 Å². The molecular weight excluding hydrogens is 614 g/mol. The third-order valence-corrected chi connectivity index (χ3v) is 7.63. The van der Waals surface area contributed by atoms with Crippen molar-refractivity contribution in [3.63, 3.8) is 0 Å². The molecule has 1 rings (SSSR count). The number of rotatable bonds is 28. The first-order chi connectivity index (χ1) is 22.6. The van der Waals surface area contributed by atoms with Gasteiger partial charge >= 0.3 is 35.0 Å². The van der Waals surface area contributed by atoms with E-state index in [4.69, 9.17) is 25.2 Å². The van der Waals surface area contributed by atoms with Crippen LogP contribution in [0.15, 0.2) is 14.4 Å². The molecule has 272 valence electrons. The number of hydrogen-bond acceptors (Lipinski definition) is 9. The van der Waals surface area contributed by atoms with Crippen LogP contribution in [0.5, 0.6) is 0 Å². The summed E-state index contributed by atoms with van der Waals surface area (Å²) in [6.45, 7) is 0.396. The zero-order chi connectivity index (χ0) is 35.3. The van der Waals surface area contributed by atoms with Crippen molar-refractivity contribution in [1.82, 2.24) is 13.7 Å². The first kappa shape index (κ1) is 43.7. The topological polar surface area (TPSA) is 207 Å². The lowest BCUT2D eigenvalue weighted by molar-refractivity contribution is -0.144. The van der Waals surface area contributed by atoms with Crippen LogP contribution in [0.4, 0.5) is 0 Å². The maximum Gasteiger partial charge on any atom is 0.336 e. The molecule has 0 amide bonds. The maximum atomic E-state index is 12.5. The minimum atomic E-state index is -0.889. The lowest BCUT2D eigenvalue weighted by Gasteiger charge is -2.13. The molecule has 0 aromatic carbocycles. The summed E-state index contributed by atoms with van der Waals surface area (Å²) < 4.78 is 7.42. The zero-order valence-corrected chi connectivity index (χ0v) is 28.4. The number of hydrogen-bond donors (Lipinski definition) is 4. The van der Waals surface area contributed by atoms with E-state index in [1.165, 1.54) is 77.0 Å². The molecule has 0 radical (unpaired) electrons. The molecule has 14 nitrogen and oxygen atoms in total. The summed E-state index contributed by atoms with van der Waals surface area (Å²) in [5, 5.41) is 34.5. The number of carbonyl (C=O) groups is 3. The van der Waals surface area contributed by atoms with Crippen LogP contribution in [0.2, 0.25) is 0 Å². The fourth-order valence-corrected chi connectivity index (χ4v) is 4.97. The number of aromatic nitrogens is 3. The molecular formula is C33H59N3O11. The number of ether oxygens (including phenoxy) is 1. The van der Waals surface area contributed by atoms with Gasteiger partial charge in [-0.15, -0.1) is 0 Å². The normalized spacial score (nSPS) is 10.8. The van der Waals surface area contributed by atoms with Gasteiger partial charge in [0.05, 0.1) is 32.8 Å². The van der Waals surface area contributed by atoms with Crippen LogP contribution < -0.4 is 17.1 Å². The Bertz CT molecular complexity index is 1110. The van der Waals surface area contributed by atoms with Gasteiger partial charge in [-0.25, -0.2) is 28.1 Å². The van der Waals surface area contributed by atoms with Crippen molar-refractivity contribution in [2.75, 3.05) is 19.8 Å². The minimum Gasteiger partial charge on any atom is -0.481 e. The van der Waals surface area contributed by atoms with E-state index in [9.17, 15) is 28.8 Å². The quantitative estimate of drug-likeness (QED) is 0.0745. The van der Waals surface area contributed by atoms with Gasteiger partial charge in [0, 0.05) is 19.3 Å². The smallest absolute Gasteiger partial charge is 0.336 e. The Morgan fingerprint density at radius 2 is 0.830 bits per heavy atom. The zero-order valence-electron chi connectivity index (χ0n) is 28.4. The third kappa shape index (κ3) is 22.0. The summed E-state index contributed by atoms with van der Waals surface area (Å²) in [6, 6.07) is 0. The Labute approximate surface area is 277 Å². The third-order valence-electron chi connectivity index (χ3n) is 7.63. The highest BCUT2D eigenvalue weighted by atomic mass is 16.5. The SMILES string of the molecule is CCCCCCCCCCCCCCCCCC(=O)OCCn1c(=O)n(CCO)c(=O)n(CCO)c1=O.O=C(O)CCCCC(=O)O. The average molecular weight is 674 g/mol. The summed E-state index contributed by atoms with van der Waals surface area (Å²) in [7, 11) is 0. The molecule has 0 unspecified atom stereocenters. The van der Waals surface area contributed by atoms with Gasteiger partial charge in [0.1, 0.15) is 6.61 Å². The first-order valence-electron chi connectivity index (χ1n) is 17.4. The Morgan fingerprint density at radius 3 is 1.17 bits per heavy atom. The molecule has 1 aromatic rings. The van der Waals surface area contributed by atoms with Gasteiger partial charge in [0.25, 0.3) is 0 Å². The lowest BCUT2D eigenvalue weighted by atomic mass is 10.0. The fourth-order valence-electron chi connectivity index (χ4n) is 4.97. The standard InChI is InChI=1S/C27H49N3O7.C6H10O4/c1-2-3-4-5-6-7-8-9-10-11-12-13-14-15-16-17-24(33)37-23-20-30-26(35)28(18-21-31)25(34)29(19-22-32)27(30)36;7-5(8)3-1-2-4-6(9)10/h31-32H,2-23H2,1H3;1-4H2,(H,7,8)(H,9,10). The summed E-state index contributed by atoms with van der Waals surface area (Å²) in [4.78, 5) is 69.0. The predicted molar refractivity (Wildman–Crippen MR) is 178 cm³/mol. The van der Waals surface area contributed by atoms with Crippen LogP contribution in [-0.2, 0) is 38.8 Å². The van der Waals surface area contributed by atoms with E-state index in [0.29, 0.717) is 12.8 Å². The van der Waals surface area contributed by atoms with Gasteiger partial charge in [0.15, 0.2) is 0 Å². The number of carboxylic acid groups (broad SMARTS) is 2. The van der Waals surface area contributed by atoms with Crippen LogP contribution >= 0.6 is 0 Å². The van der Waals surface area contributed by atoms with E-state index in [0.717, 1.165) is 33.0 Å². The highest BCUT2D eigenvalue weighted by Crippen LogP contribution is 2.13. The molecule has 0 aliphatic rings. The first-order valence-corrected chi connectivity index (χ1v) is 17.4. The number of aliphatic hydroxyl groups is 2. The summed E-state index contributed by atoms with van der Waals surface area (Å²) in [5.74, 6) is -2.13. The number of nitrogens with zero attached hydrogens (tertiary/aromatic N) is 3. The van der Waals surface area contributed by atoms with Gasteiger partial charge in [0.2, 0.25) is 0 Å². The molecule has 1 heterocycles. The number of carbonyl (C=O) groups excluding carboxylic acids is 1. The molecule has 14 heteroatoms. The van der Waals surface area contributed by atoms with Gasteiger partial charge in [-0.2, -0.15) is 0 Å². The van der Waals surface area contributed by atoms with E-state index < -0.39 is 42.2 Å². The monoisotopic (exact) mass is 673 g/mol. The van der Waals surface area contributed by atoms with Crippen molar-refractivity contribution in [2.24, 2.45) is 0 Å². The highest BCUT2D eigenvalue weighted by Gasteiger charge is 2.15. The maximum absolute atomic E-state index is 12.5. The Morgan fingerprint density at radius 1 is 0.511 bits per heavy atom. The summed E-state index contributed by atoms with van der Waals surface area (Å²) in [5.41, 5.74) is -2.65. The van der Waals surface area contributed by atoms with Crippen LogP contribution in [0.1, 0.15) is 135 Å². The van der Waals surface area contributed by atoms with Crippen LogP contribution in [0, 0.1) is 0 Å². The molecule has 0 saturated carbocycles. The molecule has 0 aliphatic heterocycles. The minimum absolute atomic E-state index is 0.0628. The second-order valence-corrected chi connectivity index (χ2v) is 11.7. The molecule has 0 bridgehead atoms. The Hall–Kier alpha value is -3.26. The van der Waals surface area contributed by atoms with Gasteiger partial charge in [-0.05, 0) is 19.3 Å². The van der Waals surface area contributed by atoms with Crippen LogP contribution in [-0.4, -0.2) is 71.9 Å².